The van der Waals surface area contributed by atoms with E-state index in [0.717, 1.165) is 32.1 Å². The third-order valence-electron chi connectivity index (χ3n) is 6.72. The quantitative estimate of drug-likeness (QED) is 0.750. The number of amides is 2. The molecule has 0 spiro atoms. The molecule has 1 saturated heterocycles. The van der Waals surface area contributed by atoms with Gasteiger partial charge in [0.05, 0.1) is 5.41 Å². The molecule has 0 radical (unpaired) electrons. The molecule has 4 aliphatic carbocycles. The van der Waals surface area contributed by atoms with Gasteiger partial charge in [0.1, 0.15) is 12.6 Å². The molecule has 1 aliphatic heterocycles. The molecule has 4 bridgehead atoms. The number of rotatable bonds is 3. The minimum absolute atomic E-state index is 0.0544. The number of hydrogen-bond acceptors (Lipinski definition) is 2. The van der Waals surface area contributed by atoms with E-state index >= 15 is 0 Å². The van der Waals surface area contributed by atoms with Crippen molar-refractivity contribution in [3.05, 3.63) is 0 Å². The van der Waals surface area contributed by atoms with E-state index in [1.54, 1.807) is 4.90 Å². The Labute approximate surface area is 155 Å². The van der Waals surface area contributed by atoms with Crippen LogP contribution in [-0.4, -0.2) is 46.9 Å². The normalized spacial score (nSPS) is 41.5. The molecular formula is C18H24ClF3N2O2. The lowest BCUT2D eigenvalue weighted by Crippen LogP contribution is -2.60. The van der Waals surface area contributed by atoms with Gasteiger partial charge in [-0.3, -0.25) is 9.59 Å². The average molecular weight is 393 g/mol. The zero-order valence-corrected chi connectivity index (χ0v) is 15.3. The summed E-state index contributed by atoms with van der Waals surface area (Å²) in [5, 5.41) is 1.95. The van der Waals surface area contributed by atoms with E-state index in [-0.39, 0.29) is 10.8 Å². The van der Waals surface area contributed by atoms with Gasteiger partial charge in [-0.05, 0) is 63.2 Å². The molecule has 4 saturated carbocycles. The van der Waals surface area contributed by atoms with Gasteiger partial charge < -0.3 is 10.2 Å². The van der Waals surface area contributed by atoms with Gasteiger partial charge in [-0.1, -0.05) is 0 Å². The van der Waals surface area contributed by atoms with Crippen LogP contribution in [0.4, 0.5) is 13.2 Å². The molecule has 8 heteroatoms. The minimum atomic E-state index is -4.45. The molecule has 1 heterocycles. The van der Waals surface area contributed by atoms with Crippen LogP contribution in [0.3, 0.4) is 0 Å². The Balaban J connectivity index is 1.50. The first-order valence-electron chi connectivity index (χ1n) is 9.44. The van der Waals surface area contributed by atoms with Crippen molar-refractivity contribution in [3.8, 4) is 0 Å². The molecule has 5 fully saturated rings. The Hall–Kier alpha value is -0.980. The second-order valence-corrected chi connectivity index (χ2v) is 9.68. The standard InChI is InChI=1S/C18H24ClF3N2O2/c19-17-7-11-4-12(8-17)6-16(5-11,9-17)15(26)24-3-1-2-13(24)14(25)23-10-18(20,21)22/h11-13H,1-10H2,(H,23,25)/t11-,12-,13-,16?,17?/m1/s1. The van der Waals surface area contributed by atoms with Gasteiger partial charge in [0.25, 0.3) is 0 Å². The largest absolute Gasteiger partial charge is 0.405 e. The molecule has 2 amide bonds. The lowest BCUT2D eigenvalue weighted by molar-refractivity contribution is -0.160. The van der Waals surface area contributed by atoms with Gasteiger partial charge in [0.15, 0.2) is 0 Å². The number of carbonyl (C=O) groups is 2. The van der Waals surface area contributed by atoms with Gasteiger partial charge in [0.2, 0.25) is 11.8 Å². The summed E-state index contributed by atoms with van der Waals surface area (Å²) < 4.78 is 37.2. The van der Waals surface area contributed by atoms with Gasteiger partial charge in [-0.15, -0.1) is 11.6 Å². The highest BCUT2D eigenvalue weighted by molar-refractivity contribution is 6.24. The third kappa shape index (κ3) is 3.20. The van der Waals surface area contributed by atoms with Crippen LogP contribution < -0.4 is 5.32 Å². The summed E-state index contributed by atoms with van der Waals surface area (Å²) in [5.41, 5.74) is -0.515. The highest BCUT2D eigenvalue weighted by Crippen LogP contribution is 2.64. The minimum Gasteiger partial charge on any atom is -0.345 e. The highest BCUT2D eigenvalue weighted by atomic mass is 35.5. The molecule has 5 aliphatic rings. The Morgan fingerprint density at radius 3 is 2.38 bits per heavy atom. The second-order valence-electron chi connectivity index (χ2n) is 8.88. The Morgan fingerprint density at radius 1 is 1.15 bits per heavy atom. The summed E-state index contributed by atoms with van der Waals surface area (Å²) in [7, 11) is 0. The monoisotopic (exact) mass is 392 g/mol. The van der Waals surface area contributed by atoms with Gasteiger partial charge in [0, 0.05) is 11.4 Å². The molecule has 0 aromatic rings. The van der Waals surface area contributed by atoms with Gasteiger partial charge >= 0.3 is 6.18 Å². The van der Waals surface area contributed by atoms with Crippen molar-refractivity contribution < 1.29 is 22.8 Å². The van der Waals surface area contributed by atoms with Crippen molar-refractivity contribution in [1.29, 1.82) is 0 Å². The van der Waals surface area contributed by atoms with Crippen LogP contribution in [0.15, 0.2) is 0 Å². The zero-order valence-electron chi connectivity index (χ0n) is 14.6. The predicted molar refractivity (Wildman–Crippen MR) is 89.5 cm³/mol. The molecule has 146 valence electrons. The lowest BCUT2D eigenvalue weighted by Gasteiger charge is -2.59. The van der Waals surface area contributed by atoms with E-state index in [9.17, 15) is 22.8 Å². The predicted octanol–water partition coefficient (Wildman–Crippen LogP) is 3.23. The average Bonchev–Trinajstić information content (AvgIpc) is 2.98. The summed E-state index contributed by atoms with van der Waals surface area (Å²) in [6, 6.07) is -0.788. The summed E-state index contributed by atoms with van der Waals surface area (Å²) in [4.78, 5) is 26.9. The second kappa shape index (κ2) is 6.01. The Morgan fingerprint density at radius 2 is 1.81 bits per heavy atom. The first-order valence-corrected chi connectivity index (χ1v) is 9.82. The van der Waals surface area contributed by atoms with E-state index < -0.39 is 30.1 Å². The van der Waals surface area contributed by atoms with Gasteiger partial charge in [-0.2, -0.15) is 13.2 Å². The molecule has 5 rings (SSSR count). The molecule has 26 heavy (non-hydrogen) atoms. The van der Waals surface area contributed by atoms with Crippen molar-refractivity contribution in [2.24, 2.45) is 17.3 Å². The van der Waals surface area contributed by atoms with Crippen molar-refractivity contribution in [2.75, 3.05) is 13.1 Å². The molecular weight excluding hydrogens is 369 g/mol. The summed E-state index contributed by atoms with van der Waals surface area (Å²) in [5.74, 6) is 0.162. The molecule has 0 unspecified atom stereocenters. The summed E-state index contributed by atoms with van der Waals surface area (Å²) >= 11 is 6.80. The number of halogens is 4. The lowest BCUT2D eigenvalue weighted by atomic mass is 9.49. The maximum atomic E-state index is 13.4. The van der Waals surface area contributed by atoms with Crippen LogP contribution in [0, 0.1) is 17.3 Å². The number of alkyl halides is 4. The van der Waals surface area contributed by atoms with Crippen molar-refractivity contribution in [1.82, 2.24) is 10.2 Å². The number of hydrogen-bond donors (Lipinski definition) is 1. The van der Waals surface area contributed by atoms with Crippen LogP contribution >= 0.6 is 11.6 Å². The highest BCUT2D eigenvalue weighted by Gasteiger charge is 2.61. The maximum absolute atomic E-state index is 13.4. The smallest absolute Gasteiger partial charge is 0.345 e. The number of carbonyl (C=O) groups excluding carboxylic acids is 2. The fourth-order valence-corrected chi connectivity index (χ4v) is 6.99. The number of nitrogens with zero attached hydrogens (tertiary/aromatic N) is 1. The zero-order chi connectivity index (χ0) is 18.7. The summed E-state index contributed by atoms with van der Waals surface area (Å²) in [6.07, 6.45) is 1.91. The van der Waals surface area contributed by atoms with E-state index in [0.29, 0.717) is 37.6 Å². The van der Waals surface area contributed by atoms with E-state index in [2.05, 4.69) is 0 Å². The van der Waals surface area contributed by atoms with Crippen LogP contribution in [-0.2, 0) is 9.59 Å². The first kappa shape index (κ1) is 18.4. The molecule has 0 aromatic heterocycles. The fourth-order valence-electron chi connectivity index (χ4n) is 6.29. The maximum Gasteiger partial charge on any atom is 0.405 e. The third-order valence-corrected chi connectivity index (χ3v) is 7.16. The number of likely N-dealkylation sites (tertiary alicyclic amines) is 1. The van der Waals surface area contributed by atoms with E-state index in [4.69, 9.17) is 11.6 Å². The van der Waals surface area contributed by atoms with Crippen LogP contribution in [0.1, 0.15) is 51.4 Å². The SMILES string of the molecule is O=C(NCC(F)(F)F)[C@H]1CCCN1C(=O)C12C[C@H]3C[C@@H](CC(Cl)(C3)C1)C2. The van der Waals surface area contributed by atoms with Crippen molar-refractivity contribution in [3.63, 3.8) is 0 Å². The topological polar surface area (TPSA) is 49.4 Å². The number of nitrogens with one attached hydrogen (secondary N) is 1. The Bertz CT molecular complexity index is 610. The molecule has 1 N–H and O–H groups in total. The van der Waals surface area contributed by atoms with Crippen molar-refractivity contribution >= 4 is 23.4 Å². The Kier molecular flexibility index (Phi) is 4.25. The van der Waals surface area contributed by atoms with Crippen LogP contribution in [0.2, 0.25) is 0 Å². The van der Waals surface area contributed by atoms with Crippen LogP contribution in [0.5, 0.6) is 0 Å². The molecule has 4 nitrogen and oxygen atoms in total. The molecule has 3 atom stereocenters. The summed E-state index contributed by atoms with van der Waals surface area (Å²) in [6.45, 7) is -0.917. The van der Waals surface area contributed by atoms with E-state index in [1.165, 1.54) is 0 Å². The van der Waals surface area contributed by atoms with Crippen molar-refractivity contribution in [2.45, 2.75) is 68.5 Å². The van der Waals surface area contributed by atoms with E-state index in [1.807, 2.05) is 5.32 Å². The first-order chi connectivity index (χ1) is 12.1. The van der Waals surface area contributed by atoms with Gasteiger partial charge in [-0.25, -0.2) is 0 Å². The fraction of sp³-hybridized carbons (Fsp3) is 0.889. The van der Waals surface area contributed by atoms with Crippen LogP contribution in [0.25, 0.3) is 0 Å². The molecule has 0 aromatic carbocycles.